The van der Waals surface area contributed by atoms with Gasteiger partial charge in [-0.05, 0) is 110 Å². The van der Waals surface area contributed by atoms with Gasteiger partial charge in [0.1, 0.15) is 34.7 Å². The first-order valence-corrected chi connectivity index (χ1v) is 37.8. The maximum absolute atomic E-state index is 7.09. The fraction of sp³-hybridized carbons (Fsp3) is 0.0698. The number of benzene rings is 12. The van der Waals surface area contributed by atoms with Crippen LogP contribution in [-0.4, -0.2) is 24.6 Å². The number of fused-ring (bicyclic) bond motifs is 6. The van der Waals surface area contributed by atoms with E-state index in [0.29, 0.717) is 22.3 Å². The number of furan rings is 2. The molecule has 0 N–H and O–H groups in total. The molecule has 12 aromatic carbocycles. The first-order chi connectivity index (χ1) is 45.5. The molecular weight excluding hydrogens is 1980 g/mol. The molecule has 0 saturated heterocycles. The Morgan fingerprint density at radius 2 is 0.385 bits per heavy atom. The average Bonchev–Trinajstić information content (AvgIpc) is 1.64. The summed E-state index contributed by atoms with van der Waals surface area (Å²) in [5.41, 5.74) is 5.70. The maximum Gasteiger partial charge on any atom is 1.00 e. The summed E-state index contributed by atoms with van der Waals surface area (Å²) in [5, 5.41) is 16.2. The largest absolute Gasteiger partial charge is 1.00 e. The summed E-state index contributed by atoms with van der Waals surface area (Å²) >= 11 is 0. The van der Waals surface area contributed by atoms with Crippen molar-refractivity contribution in [3.8, 4) is 23.7 Å². The van der Waals surface area contributed by atoms with E-state index in [2.05, 4.69) is 266 Å². The van der Waals surface area contributed by atoms with Gasteiger partial charge in [0.25, 0.3) is 0 Å². The first-order valence-electron chi connectivity index (χ1n) is 31.0. The van der Waals surface area contributed by atoms with Crippen LogP contribution >= 0.6 is 31.7 Å². The van der Waals surface area contributed by atoms with E-state index in [1.165, 1.54) is 79.9 Å². The minimum atomic E-state index is -0.783. The van der Waals surface area contributed by atoms with Crippen molar-refractivity contribution in [3.05, 3.63) is 363 Å². The minimum absolute atomic E-state index is 0. The average molecular weight is 2050 g/mol. The minimum Gasteiger partial charge on any atom is -0.459 e. The molecule has 0 bridgehead atoms. The Hall–Kier alpha value is -6.84. The summed E-state index contributed by atoms with van der Waals surface area (Å²) in [5.74, 6) is 9.33. The molecule has 0 amide bonds. The van der Waals surface area contributed by atoms with Crippen molar-refractivity contribution in [1.29, 1.82) is 0 Å². The van der Waals surface area contributed by atoms with Crippen LogP contribution in [0.5, 0.6) is 0 Å². The van der Waals surface area contributed by atoms with Crippen LogP contribution in [0.15, 0.2) is 324 Å². The molecule has 484 valence electrons. The summed E-state index contributed by atoms with van der Waals surface area (Å²) in [4.78, 5) is 0. The van der Waals surface area contributed by atoms with Crippen molar-refractivity contribution in [2.75, 3.05) is 24.6 Å². The zero-order valence-corrected chi connectivity index (χ0v) is 65.0. The maximum atomic E-state index is 7.09. The van der Waals surface area contributed by atoms with E-state index in [-0.39, 0.29) is 89.5 Å². The molecule has 0 atom stereocenters. The number of hydrogen-bond donors (Lipinski definition) is 0. The van der Waals surface area contributed by atoms with E-state index in [0.717, 1.165) is 43.9 Å². The van der Waals surface area contributed by atoms with Crippen LogP contribution in [0.2, 0.25) is 0 Å². The summed E-state index contributed by atoms with van der Waals surface area (Å²) in [6.45, 7) is 0. The van der Waals surface area contributed by atoms with Gasteiger partial charge in [-0.3, -0.25) is 23.7 Å². The molecule has 0 spiro atoms. The molecule has 14 aromatic rings. The van der Waals surface area contributed by atoms with Gasteiger partial charge in [-0.25, -0.2) is 0 Å². The molecule has 0 unspecified atom stereocenters. The molecule has 0 aliphatic carbocycles. The molecule has 0 saturated carbocycles. The quantitative estimate of drug-likeness (QED) is 0.0317. The Kier molecular flexibility index (Phi) is 32.0. The van der Waals surface area contributed by atoms with Crippen molar-refractivity contribution in [3.63, 3.8) is 0 Å². The van der Waals surface area contributed by atoms with Crippen molar-refractivity contribution >= 4 is 118 Å². The molecule has 0 aliphatic rings. The van der Waals surface area contributed by atoms with E-state index in [9.17, 15) is 0 Å². The van der Waals surface area contributed by atoms with Gasteiger partial charge >= 0.3 is 89.5 Å². The van der Waals surface area contributed by atoms with Gasteiger partial charge in [0.05, 0.1) is 86.4 Å². The van der Waals surface area contributed by atoms with Gasteiger partial charge in [0, 0.05) is 21.5 Å². The molecule has 0 radical (unpaired) electrons. The van der Waals surface area contributed by atoms with E-state index in [4.69, 9.17) is 34.5 Å². The number of hydrogen-bond acceptors (Lipinski definition) is 2. The van der Waals surface area contributed by atoms with Crippen LogP contribution in [0.4, 0.5) is 0 Å². The van der Waals surface area contributed by atoms with Crippen LogP contribution in [0.25, 0.3) is 43.9 Å². The Labute approximate surface area is 634 Å². The van der Waals surface area contributed by atoms with Crippen molar-refractivity contribution in [1.82, 2.24) is 0 Å². The smallest absolute Gasteiger partial charge is 0.459 e. The Morgan fingerprint density at radius 3 is 0.552 bits per heavy atom. The number of unbranched alkanes of at least 4 members (excludes halogenated alkanes) is 1. The zero-order valence-electron chi connectivity index (χ0n) is 52.3. The summed E-state index contributed by atoms with van der Waals surface area (Å²) in [7, 11) is -3.00. The summed E-state index contributed by atoms with van der Waals surface area (Å²) in [6.07, 6.45) is 36.1. The van der Waals surface area contributed by atoms with E-state index in [1.54, 1.807) is 24.3 Å². The van der Waals surface area contributed by atoms with Gasteiger partial charge in [-0.2, -0.15) is 0 Å². The van der Waals surface area contributed by atoms with Crippen LogP contribution in [0.3, 0.4) is 0 Å². The zero-order chi connectivity index (χ0) is 63.1. The third-order valence-electron chi connectivity index (χ3n) is 16.2. The van der Waals surface area contributed by atoms with Crippen molar-refractivity contribution < 1.29 is 98.4 Å². The second kappa shape index (κ2) is 40.1. The fourth-order valence-electron chi connectivity index (χ4n) is 11.7. The van der Waals surface area contributed by atoms with Gasteiger partial charge < -0.3 is 34.5 Å². The molecule has 2 heterocycles. The monoisotopic (exact) mass is 2040 g/mol. The molecule has 0 fully saturated rings. The van der Waals surface area contributed by atoms with E-state index < -0.39 is 31.7 Å². The molecule has 0 aliphatic heterocycles. The van der Waals surface area contributed by atoms with Crippen LogP contribution in [0, 0.1) is 49.4 Å². The van der Waals surface area contributed by atoms with Crippen LogP contribution < -0.4 is 42.4 Å². The normalized spacial score (nSPS) is 10.3. The molecular formula is C86H68Au4O2P4+4. The van der Waals surface area contributed by atoms with E-state index in [1.807, 2.05) is 48.5 Å². The molecule has 14 rings (SSSR count). The van der Waals surface area contributed by atoms with Gasteiger partial charge in [-0.15, -0.1) is 46.5 Å². The van der Waals surface area contributed by atoms with Gasteiger partial charge in [-0.1, -0.05) is 194 Å². The van der Waals surface area contributed by atoms with Crippen molar-refractivity contribution in [2.45, 2.75) is 12.8 Å². The van der Waals surface area contributed by atoms with Crippen LogP contribution in [-0.2, 0) is 89.5 Å². The second-order valence-corrected chi connectivity index (χ2v) is 32.5. The molecule has 2 aromatic heterocycles. The first kappa shape index (κ1) is 76.5. The third kappa shape index (κ3) is 20.6. The summed E-state index contributed by atoms with van der Waals surface area (Å²) in [6, 6.07) is 111. The third-order valence-corrected chi connectivity index (χ3v) is 28.2. The topological polar surface area (TPSA) is 26.3 Å². The predicted molar refractivity (Wildman–Crippen MR) is 403 cm³/mol. The molecule has 10 heteroatoms. The Balaban J connectivity index is 0.000000183. The predicted octanol–water partition coefficient (Wildman–Crippen LogP) is 17.1. The van der Waals surface area contributed by atoms with Crippen LogP contribution in [0.1, 0.15) is 35.1 Å². The fourth-order valence-corrected chi connectivity index (χ4v) is 23.3. The summed E-state index contributed by atoms with van der Waals surface area (Å²) < 4.78 is 11.4. The Morgan fingerprint density at radius 1 is 0.219 bits per heavy atom. The molecule has 96 heavy (non-hydrogen) atoms. The van der Waals surface area contributed by atoms with Crippen molar-refractivity contribution in [2.24, 2.45) is 0 Å². The Bertz CT molecular complexity index is 4210. The molecule has 2 nitrogen and oxygen atoms in total. The number of rotatable bonds is 16. The van der Waals surface area contributed by atoms with Gasteiger partial charge in [0.2, 0.25) is 0 Å². The second-order valence-electron chi connectivity index (χ2n) is 22.1. The standard InChI is InChI=1S/C28H28P2.C26H24P2.2C16H6O.4Au/c1-5-15-25(16-6-1)29(26-17-7-2-8-18-26)23-13-14-24-30(27-19-9-3-10-20-27)28-21-11-4-12-22-28;1-5-13-23(14-6-1)27(24-15-7-2-8-16-24)21-22-28(25-17-9-3-10-18-25)26-19-11-4-12-20-26;2*1-3-11-5-7-13-14-8-6-12(4-2)10-16(14)17-15(13)9-11;;;;/h1-12,15-22H,13-14,23-24H2;1-20H,21-22H2;2*5-10H;;;;/q;;2*-2;4*+1/p+4. The van der Waals surface area contributed by atoms with Gasteiger partial charge in [0.15, 0.2) is 0 Å². The SMILES string of the molecule is [Au+].[Au+].[Au+].[Au+].[C-]#Cc1ccc2c(c1)oc1cc(C#[C-])ccc12.[C-]#Cc1ccc2c(c1)oc1cc(C#[C-])ccc12.c1ccc([PH+](CCCC[PH+](c2ccccc2)c2ccccc2)c2ccccc2)cc1.c1ccc([PH+](CC[PH+](c2ccccc2)c2ccccc2)c2ccccc2)cc1. The van der Waals surface area contributed by atoms with E-state index >= 15 is 0 Å².